The number of benzene rings is 1. The van der Waals surface area contributed by atoms with Gasteiger partial charge in [0.1, 0.15) is 5.69 Å². The zero-order chi connectivity index (χ0) is 21.1. The minimum Gasteiger partial charge on any atom is -0.354 e. The molecule has 3 heterocycles. The van der Waals surface area contributed by atoms with Crippen LogP contribution >= 0.6 is 0 Å². The molecule has 1 aliphatic rings. The van der Waals surface area contributed by atoms with Gasteiger partial charge in [0.15, 0.2) is 6.19 Å². The highest BCUT2D eigenvalue weighted by Gasteiger charge is 2.37. The molecule has 1 aliphatic heterocycles. The third kappa shape index (κ3) is 3.82. The number of rotatable bonds is 5. The molecule has 1 amide bonds. The number of H-pyrrole nitrogens is 1. The fraction of sp³-hybridized carbons (Fsp3) is 0.273. The predicted octanol–water partition coefficient (Wildman–Crippen LogP) is 3.13. The van der Waals surface area contributed by atoms with Crippen LogP contribution in [-0.4, -0.2) is 44.6 Å². The summed E-state index contributed by atoms with van der Waals surface area (Å²) in [6.45, 7) is 4.63. The van der Waals surface area contributed by atoms with E-state index in [0.29, 0.717) is 17.9 Å². The van der Waals surface area contributed by atoms with E-state index < -0.39 is 0 Å². The number of nitrogens with one attached hydrogen (secondary N) is 3. The highest BCUT2D eigenvalue weighted by atomic mass is 16.2. The third-order valence-electron chi connectivity index (χ3n) is 5.51. The second kappa shape index (κ2) is 8.25. The number of hydrogen-bond acceptors (Lipinski definition) is 6. The minimum absolute atomic E-state index is 0.0433. The molecule has 8 nitrogen and oxygen atoms in total. The summed E-state index contributed by atoms with van der Waals surface area (Å²) in [4.78, 5) is 18.7. The highest BCUT2D eigenvalue weighted by Crippen LogP contribution is 2.29. The summed E-state index contributed by atoms with van der Waals surface area (Å²) in [7, 11) is 0. The molecule has 8 heteroatoms. The lowest BCUT2D eigenvalue weighted by molar-refractivity contribution is 0.0918. The Labute approximate surface area is 174 Å². The Balaban J connectivity index is 1.52. The summed E-state index contributed by atoms with van der Waals surface area (Å²) < 4.78 is 0. The van der Waals surface area contributed by atoms with Crippen molar-refractivity contribution < 1.29 is 4.79 Å². The van der Waals surface area contributed by atoms with Gasteiger partial charge in [-0.3, -0.25) is 14.9 Å². The van der Waals surface area contributed by atoms with E-state index in [0.717, 1.165) is 16.9 Å². The van der Waals surface area contributed by atoms with Crippen molar-refractivity contribution in [2.75, 3.05) is 11.9 Å². The number of likely N-dealkylation sites (tertiary alicyclic amines) is 1. The van der Waals surface area contributed by atoms with Gasteiger partial charge < -0.3 is 15.5 Å². The van der Waals surface area contributed by atoms with Gasteiger partial charge in [-0.05, 0) is 37.1 Å². The Morgan fingerprint density at radius 2 is 2.07 bits per heavy atom. The lowest BCUT2D eigenvalue weighted by atomic mass is 10.0. The van der Waals surface area contributed by atoms with Gasteiger partial charge in [0, 0.05) is 24.0 Å². The Hall–Kier alpha value is -3.86. The summed E-state index contributed by atoms with van der Waals surface area (Å²) in [5.41, 5.74) is 3.59. The lowest BCUT2D eigenvalue weighted by Crippen LogP contribution is -2.44. The average Bonchev–Trinajstić information content (AvgIpc) is 3.35. The molecule has 1 fully saturated rings. The fourth-order valence-electron chi connectivity index (χ4n) is 3.85. The van der Waals surface area contributed by atoms with Crippen LogP contribution in [0.25, 0.3) is 11.3 Å². The van der Waals surface area contributed by atoms with Gasteiger partial charge in [-0.2, -0.15) is 10.4 Å². The molecule has 4 rings (SSSR count). The number of nitrogens with zero attached hydrogens (tertiary/aromatic N) is 4. The van der Waals surface area contributed by atoms with Gasteiger partial charge in [0.2, 0.25) is 0 Å². The van der Waals surface area contributed by atoms with Crippen LogP contribution < -0.4 is 10.6 Å². The van der Waals surface area contributed by atoms with Crippen LogP contribution in [-0.2, 0) is 0 Å². The first-order valence-corrected chi connectivity index (χ1v) is 9.86. The van der Waals surface area contributed by atoms with Gasteiger partial charge in [0.05, 0.1) is 29.7 Å². The van der Waals surface area contributed by atoms with Crippen molar-refractivity contribution in [2.45, 2.75) is 25.9 Å². The van der Waals surface area contributed by atoms with Crippen LogP contribution in [0.4, 0.5) is 11.4 Å². The van der Waals surface area contributed by atoms with Crippen LogP contribution in [0.2, 0.25) is 0 Å². The second-order valence-electron chi connectivity index (χ2n) is 7.55. The standard InChI is InChI=1S/C22H23N7O/c1-14-12-29(13-23)15(2)21(14)26-22(30)19-10-18(27-28-19)17-8-9-24-11-20(17)25-16-6-4-3-5-7-16/h3-11,14-15,21,25H,12H2,1-2H3,(H,26,30)(H,27,28)/t14?,15?,21-/m1/s1. The maximum absolute atomic E-state index is 12.8. The summed E-state index contributed by atoms with van der Waals surface area (Å²) >= 11 is 0. The number of carbonyl (C=O) groups excluding carboxylic acids is 1. The van der Waals surface area contributed by atoms with Crippen LogP contribution in [0, 0.1) is 17.4 Å². The number of pyridine rings is 1. The molecule has 2 unspecified atom stereocenters. The van der Waals surface area contributed by atoms with Crippen molar-refractivity contribution in [3.8, 4) is 17.5 Å². The first-order chi connectivity index (χ1) is 14.6. The van der Waals surface area contributed by atoms with E-state index in [1.807, 2.05) is 50.2 Å². The number of nitriles is 1. The molecule has 30 heavy (non-hydrogen) atoms. The Morgan fingerprint density at radius 3 is 2.80 bits per heavy atom. The van der Waals surface area contributed by atoms with Gasteiger partial charge >= 0.3 is 0 Å². The monoisotopic (exact) mass is 401 g/mol. The third-order valence-corrected chi connectivity index (χ3v) is 5.51. The summed E-state index contributed by atoms with van der Waals surface area (Å²) in [6, 6.07) is 13.2. The van der Waals surface area contributed by atoms with Gasteiger partial charge in [-0.1, -0.05) is 25.1 Å². The van der Waals surface area contributed by atoms with E-state index in [-0.39, 0.29) is 23.9 Å². The number of aromatic amines is 1. The topological polar surface area (TPSA) is 110 Å². The molecule has 2 aromatic heterocycles. The summed E-state index contributed by atoms with van der Waals surface area (Å²) in [6.07, 6.45) is 5.61. The van der Waals surface area contributed by atoms with E-state index in [1.165, 1.54) is 0 Å². The number of aromatic nitrogens is 3. The summed E-state index contributed by atoms with van der Waals surface area (Å²) in [5, 5.41) is 22.8. The van der Waals surface area contributed by atoms with Crippen molar-refractivity contribution in [3.63, 3.8) is 0 Å². The van der Waals surface area contributed by atoms with Crippen LogP contribution in [0.5, 0.6) is 0 Å². The van der Waals surface area contributed by atoms with Crippen molar-refractivity contribution >= 4 is 17.3 Å². The molecule has 1 saturated heterocycles. The molecule has 0 aliphatic carbocycles. The predicted molar refractivity (Wildman–Crippen MR) is 114 cm³/mol. The Morgan fingerprint density at radius 1 is 1.27 bits per heavy atom. The molecule has 0 saturated carbocycles. The van der Waals surface area contributed by atoms with E-state index in [9.17, 15) is 10.1 Å². The van der Waals surface area contributed by atoms with E-state index in [2.05, 4.69) is 32.0 Å². The molecular weight excluding hydrogens is 378 g/mol. The zero-order valence-electron chi connectivity index (χ0n) is 16.8. The largest absolute Gasteiger partial charge is 0.354 e. The molecule has 3 atom stereocenters. The quantitative estimate of drug-likeness (QED) is 0.567. The van der Waals surface area contributed by atoms with Gasteiger partial charge in [-0.25, -0.2) is 0 Å². The smallest absolute Gasteiger partial charge is 0.269 e. The molecule has 3 aromatic rings. The molecule has 3 N–H and O–H groups in total. The number of para-hydroxylation sites is 1. The molecule has 1 aromatic carbocycles. The van der Waals surface area contributed by atoms with E-state index >= 15 is 0 Å². The van der Waals surface area contributed by atoms with E-state index in [1.54, 1.807) is 23.4 Å². The van der Waals surface area contributed by atoms with Crippen molar-refractivity contribution in [1.82, 2.24) is 25.4 Å². The maximum Gasteiger partial charge on any atom is 0.269 e. The first-order valence-electron chi connectivity index (χ1n) is 9.86. The summed E-state index contributed by atoms with van der Waals surface area (Å²) in [5.74, 6) is -0.0447. The van der Waals surface area contributed by atoms with Crippen LogP contribution in [0.3, 0.4) is 0 Å². The minimum atomic E-state index is -0.233. The average molecular weight is 401 g/mol. The van der Waals surface area contributed by atoms with Crippen molar-refractivity contribution in [3.05, 3.63) is 60.6 Å². The first kappa shape index (κ1) is 19.5. The molecule has 0 bridgehead atoms. The maximum atomic E-state index is 12.8. The highest BCUT2D eigenvalue weighted by molar-refractivity contribution is 5.94. The molecule has 0 spiro atoms. The molecular formula is C22H23N7O. The van der Waals surface area contributed by atoms with E-state index in [4.69, 9.17) is 0 Å². The van der Waals surface area contributed by atoms with Crippen LogP contribution in [0.1, 0.15) is 24.3 Å². The van der Waals surface area contributed by atoms with Crippen LogP contribution in [0.15, 0.2) is 54.9 Å². The SMILES string of the molecule is CC1CN(C#N)C(C)[C@@H]1NC(=O)c1cc(-c2ccncc2Nc2ccccc2)n[nH]1. The Kier molecular flexibility index (Phi) is 5.35. The molecule has 152 valence electrons. The number of hydrogen-bond donors (Lipinski definition) is 3. The van der Waals surface area contributed by atoms with Gasteiger partial charge in [-0.15, -0.1) is 0 Å². The molecule has 0 radical (unpaired) electrons. The zero-order valence-corrected chi connectivity index (χ0v) is 16.8. The normalized spacial score (nSPS) is 20.6. The number of carbonyl (C=O) groups is 1. The Bertz CT molecular complexity index is 1070. The fourth-order valence-corrected chi connectivity index (χ4v) is 3.85. The van der Waals surface area contributed by atoms with Gasteiger partial charge in [0.25, 0.3) is 5.91 Å². The number of anilines is 2. The second-order valence-corrected chi connectivity index (χ2v) is 7.55. The number of amides is 1. The lowest BCUT2D eigenvalue weighted by Gasteiger charge is -2.21. The van der Waals surface area contributed by atoms with Crippen molar-refractivity contribution in [1.29, 1.82) is 5.26 Å². The van der Waals surface area contributed by atoms with Crippen molar-refractivity contribution in [2.24, 2.45) is 5.92 Å².